The van der Waals surface area contributed by atoms with Gasteiger partial charge < -0.3 is 10.1 Å². The zero-order chi connectivity index (χ0) is 21.0. The van der Waals surface area contributed by atoms with Crippen LogP contribution in [0.5, 0.6) is 5.75 Å². The predicted molar refractivity (Wildman–Crippen MR) is 115 cm³/mol. The number of carbonyl (C=O) groups excluding carboxylic acids is 3. The largest absolute Gasteiger partial charge is 0.493 e. The summed E-state index contributed by atoms with van der Waals surface area (Å²) in [6, 6.07) is 11.7. The number of benzene rings is 2. The highest BCUT2D eigenvalue weighted by molar-refractivity contribution is 8.18. The summed E-state index contributed by atoms with van der Waals surface area (Å²) in [5, 5.41) is 2.89. The minimum Gasteiger partial charge on any atom is -0.493 e. The molecule has 2 aromatic carbocycles. The van der Waals surface area contributed by atoms with E-state index in [1.54, 1.807) is 42.5 Å². The second-order valence-electron chi connectivity index (χ2n) is 5.91. The topological polar surface area (TPSA) is 75.7 Å². The Bertz CT molecular complexity index is 1010. The molecule has 0 aromatic heterocycles. The highest BCUT2D eigenvalue weighted by atomic mass is 35.5. The maximum absolute atomic E-state index is 12.7. The third-order valence-corrected chi connectivity index (χ3v) is 5.35. The Morgan fingerprint density at radius 1 is 1.21 bits per heavy atom. The van der Waals surface area contributed by atoms with Crippen LogP contribution in [0.1, 0.15) is 12.5 Å². The summed E-state index contributed by atoms with van der Waals surface area (Å²) in [7, 11) is 0. The third-order valence-electron chi connectivity index (χ3n) is 3.88. The van der Waals surface area contributed by atoms with Crippen LogP contribution >= 0.6 is 35.0 Å². The molecule has 0 radical (unpaired) electrons. The molecule has 1 saturated heterocycles. The number of nitrogens with one attached hydrogen (secondary N) is 1. The molecule has 0 aliphatic carbocycles. The monoisotopic (exact) mass is 450 g/mol. The van der Waals surface area contributed by atoms with Crippen molar-refractivity contribution in [3.63, 3.8) is 0 Å². The lowest BCUT2D eigenvalue weighted by Gasteiger charge is -2.13. The van der Waals surface area contributed by atoms with Crippen LogP contribution in [0.2, 0.25) is 10.0 Å². The van der Waals surface area contributed by atoms with E-state index in [9.17, 15) is 14.4 Å². The molecule has 1 heterocycles. The first-order valence-corrected chi connectivity index (χ1v) is 10.2. The van der Waals surface area contributed by atoms with Crippen LogP contribution in [0.3, 0.4) is 0 Å². The van der Waals surface area contributed by atoms with Crippen molar-refractivity contribution < 1.29 is 19.1 Å². The summed E-state index contributed by atoms with van der Waals surface area (Å²) in [6.07, 6.45) is 1.54. The van der Waals surface area contributed by atoms with Crippen molar-refractivity contribution in [3.05, 3.63) is 63.0 Å². The van der Waals surface area contributed by atoms with Gasteiger partial charge in [-0.2, -0.15) is 0 Å². The van der Waals surface area contributed by atoms with Crippen LogP contribution in [0.4, 0.5) is 10.5 Å². The van der Waals surface area contributed by atoms with Crippen molar-refractivity contribution in [3.8, 4) is 5.75 Å². The standard InChI is InChI=1S/C20H16Cl2N2O4S/c1-2-28-16-8-7-13(21)9-12(16)10-17-19(26)24(20(27)29-17)11-18(25)23-15-6-4-3-5-14(15)22/h3-10H,2,11H2,1H3,(H,23,25)/b17-10-. The van der Waals surface area contributed by atoms with E-state index in [0.717, 1.165) is 16.7 Å². The van der Waals surface area contributed by atoms with E-state index in [4.69, 9.17) is 27.9 Å². The summed E-state index contributed by atoms with van der Waals surface area (Å²) in [6.45, 7) is 1.86. The van der Waals surface area contributed by atoms with Crippen LogP contribution in [0.25, 0.3) is 6.08 Å². The molecule has 0 saturated carbocycles. The molecule has 29 heavy (non-hydrogen) atoms. The van der Waals surface area contributed by atoms with Crippen molar-refractivity contribution in [2.75, 3.05) is 18.5 Å². The van der Waals surface area contributed by atoms with E-state index in [1.165, 1.54) is 6.08 Å². The van der Waals surface area contributed by atoms with Crippen molar-refractivity contribution in [1.82, 2.24) is 4.90 Å². The highest BCUT2D eigenvalue weighted by Gasteiger charge is 2.36. The van der Waals surface area contributed by atoms with E-state index >= 15 is 0 Å². The molecule has 0 atom stereocenters. The summed E-state index contributed by atoms with van der Waals surface area (Å²) in [5.41, 5.74) is 0.979. The molecule has 6 nitrogen and oxygen atoms in total. The number of ether oxygens (including phenoxy) is 1. The number of hydrogen-bond donors (Lipinski definition) is 1. The van der Waals surface area contributed by atoms with Gasteiger partial charge in [-0.1, -0.05) is 35.3 Å². The van der Waals surface area contributed by atoms with Gasteiger partial charge in [-0.3, -0.25) is 19.3 Å². The number of hydrogen-bond acceptors (Lipinski definition) is 5. The van der Waals surface area contributed by atoms with E-state index in [0.29, 0.717) is 33.7 Å². The average molecular weight is 451 g/mol. The van der Waals surface area contributed by atoms with Crippen molar-refractivity contribution in [2.24, 2.45) is 0 Å². The lowest BCUT2D eigenvalue weighted by atomic mass is 10.2. The minimum absolute atomic E-state index is 0.184. The Morgan fingerprint density at radius 3 is 2.69 bits per heavy atom. The minimum atomic E-state index is -0.559. The lowest BCUT2D eigenvalue weighted by molar-refractivity contribution is -0.127. The fourth-order valence-electron chi connectivity index (χ4n) is 2.59. The van der Waals surface area contributed by atoms with Crippen molar-refractivity contribution >= 4 is 63.8 Å². The van der Waals surface area contributed by atoms with Gasteiger partial charge in [0.1, 0.15) is 12.3 Å². The second kappa shape index (κ2) is 9.35. The number of thioether (sulfide) groups is 1. The molecule has 1 aliphatic rings. The van der Waals surface area contributed by atoms with Gasteiger partial charge in [0.05, 0.1) is 22.2 Å². The Kier molecular flexibility index (Phi) is 6.84. The number of halogens is 2. The normalized spacial score (nSPS) is 15.1. The van der Waals surface area contributed by atoms with Crippen molar-refractivity contribution in [1.29, 1.82) is 0 Å². The maximum Gasteiger partial charge on any atom is 0.294 e. The van der Waals surface area contributed by atoms with Gasteiger partial charge in [-0.05, 0) is 55.1 Å². The summed E-state index contributed by atoms with van der Waals surface area (Å²) in [4.78, 5) is 38.3. The number of rotatable bonds is 6. The molecule has 3 rings (SSSR count). The first kappa shape index (κ1) is 21.2. The summed E-state index contributed by atoms with van der Waals surface area (Å²) >= 11 is 12.8. The fourth-order valence-corrected chi connectivity index (χ4v) is 3.79. The molecule has 150 valence electrons. The zero-order valence-electron chi connectivity index (χ0n) is 15.3. The van der Waals surface area contributed by atoms with Gasteiger partial charge in [0.15, 0.2) is 0 Å². The Labute approximate surface area is 181 Å². The van der Waals surface area contributed by atoms with Gasteiger partial charge in [-0.15, -0.1) is 0 Å². The van der Waals surface area contributed by atoms with Crippen LogP contribution in [-0.4, -0.2) is 35.1 Å². The van der Waals surface area contributed by atoms with E-state index in [1.807, 2.05) is 6.92 Å². The molecule has 3 amide bonds. The van der Waals surface area contributed by atoms with Gasteiger partial charge in [0.2, 0.25) is 5.91 Å². The number of para-hydroxylation sites is 1. The first-order valence-electron chi connectivity index (χ1n) is 8.61. The molecule has 0 unspecified atom stereocenters. The molecule has 1 aliphatic heterocycles. The van der Waals surface area contributed by atoms with Crippen molar-refractivity contribution in [2.45, 2.75) is 6.92 Å². The Hall–Kier alpha value is -2.48. The van der Waals surface area contributed by atoms with Gasteiger partial charge in [-0.25, -0.2) is 0 Å². The smallest absolute Gasteiger partial charge is 0.294 e. The maximum atomic E-state index is 12.7. The average Bonchev–Trinajstić information content (AvgIpc) is 2.93. The first-order chi connectivity index (χ1) is 13.9. The fraction of sp³-hybridized carbons (Fsp3) is 0.150. The molecule has 1 N–H and O–H groups in total. The lowest BCUT2D eigenvalue weighted by Crippen LogP contribution is -2.36. The van der Waals surface area contributed by atoms with Crippen LogP contribution in [-0.2, 0) is 9.59 Å². The number of amides is 3. The Balaban J connectivity index is 1.76. The summed E-state index contributed by atoms with van der Waals surface area (Å²) in [5.74, 6) is -0.545. The molecule has 0 bridgehead atoms. The molecule has 2 aromatic rings. The SMILES string of the molecule is CCOc1ccc(Cl)cc1/C=C1\SC(=O)N(CC(=O)Nc2ccccc2Cl)C1=O. The highest BCUT2D eigenvalue weighted by Crippen LogP contribution is 2.35. The molecule has 0 spiro atoms. The molecular formula is C20H16Cl2N2O4S. The van der Waals surface area contributed by atoms with Crippen LogP contribution in [0.15, 0.2) is 47.4 Å². The number of imide groups is 1. The number of nitrogens with zero attached hydrogens (tertiary/aromatic N) is 1. The van der Waals surface area contributed by atoms with Gasteiger partial charge in [0.25, 0.3) is 11.1 Å². The number of anilines is 1. The van der Waals surface area contributed by atoms with E-state index in [2.05, 4.69) is 5.32 Å². The second-order valence-corrected chi connectivity index (χ2v) is 7.75. The molecular weight excluding hydrogens is 435 g/mol. The summed E-state index contributed by atoms with van der Waals surface area (Å²) < 4.78 is 5.53. The van der Waals surface area contributed by atoms with E-state index < -0.39 is 23.6 Å². The molecule has 9 heteroatoms. The van der Waals surface area contributed by atoms with E-state index in [-0.39, 0.29) is 4.91 Å². The van der Waals surface area contributed by atoms with Crippen LogP contribution < -0.4 is 10.1 Å². The van der Waals surface area contributed by atoms with Crippen LogP contribution in [0, 0.1) is 0 Å². The number of carbonyl (C=O) groups is 3. The Morgan fingerprint density at radius 2 is 1.97 bits per heavy atom. The predicted octanol–water partition coefficient (Wildman–Crippen LogP) is 5.07. The third kappa shape index (κ3) is 5.12. The van der Waals surface area contributed by atoms with Gasteiger partial charge >= 0.3 is 0 Å². The zero-order valence-corrected chi connectivity index (χ0v) is 17.6. The molecule has 1 fully saturated rings. The quantitative estimate of drug-likeness (QED) is 0.621. The van der Waals surface area contributed by atoms with Gasteiger partial charge in [0, 0.05) is 10.6 Å².